The van der Waals surface area contributed by atoms with E-state index in [-0.39, 0.29) is 10.8 Å². The molecule has 0 spiro atoms. The molecule has 0 aliphatic carbocycles. The summed E-state index contributed by atoms with van der Waals surface area (Å²) in [6.45, 7) is 6.68. The molecule has 0 saturated heterocycles. The van der Waals surface area contributed by atoms with E-state index in [4.69, 9.17) is 0 Å². The number of aliphatic hydroxyl groups excluding tert-OH is 1. The Hall–Kier alpha value is -1.11. The summed E-state index contributed by atoms with van der Waals surface area (Å²) in [4.78, 5) is 0.251. The van der Waals surface area contributed by atoms with Crippen molar-refractivity contribution in [2.24, 2.45) is 5.92 Å². The van der Waals surface area contributed by atoms with Crippen LogP contribution in [-0.2, 0) is 10.0 Å². The number of nitrogens with one attached hydrogen (secondary N) is 2. The first-order valence-corrected chi connectivity index (χ1v) is 8.36. The quantitative estimate of drug-likeness (QED) is 0.684. The zero-order chi connectivity index (χ0) is 15.2. The highest BCUT2D eigenvalue weighted by molar-refractivity contribution is 7.89. The molecule has 0 amide bonds. The fourth-order valence-corrected chi connectivity index (χ4v) is 2.66. The summed E-state index contributed by atoms with van der Waals surface area (Å²) in [5.74, 6) is 0.181. The van der Waals surface area contributed by atoms with Crippen LogP contribution in [0, 0.1) is 5.92 Å². The van der Waals surface area contributed by atoms with E-state index in [1.165, 1.54) is 0 Å². The fraction of sp³-hybridized carbons (Fsp3) is 0.571. The van der Waals surface area contributed by atoms with Crippen molar-refractivity contribution in [2.45, 2.75) is 38.2 Å². The molecule has 114 valence electrons. The monoisotopic (exact) mass is 300 g/mol. The van der Waals surface area contributed by atoms with Crippen LogP contribution in [0.1, 0.15) is 27.2 Å². The van der Waals surface area contributed by atoms with Gasteiger partial charge >= 0.3 is 0 Å². The lowest BCUT2D eigenvalue weighted by molar-refractivity contribution is 0.138. The lowest BCUT2D eigenvalue weighted by atomic mass is 10.1. The summed E-state index contributed by atoms with van der Waals surface area (Å²) < 4.78 is 26.3. The van der Waals surface area contributed by atoms with Gasteiger partial charge in [0.1, 0.15) is 0 Å². The third-order valence-electron chi connectivity index (χ3n) is 2.99. The lowest BCUT2D eigenvalue weighted by Crippen LogP contribution is -2.25. The molecule has 1 rings (SSSR count). The smallest absolute Gasteiger partial charge is 0.240 e. The van der Waals surface area contributed by atoms with Crippen LogP contribution in [0.4, 0.5) is 5.69 Å². The number of hydrogen-bond donors (Lipinski definition) is 3. The van der Waals surface area contributed by atoms with Crippen molar-refractivity contribution in [1.29, 1.82) is 0 Å². The Morgan fingerprint density at radius 2 is 1.80 bits per heavy atom. The summed E-state index contributed by atoms with van der Waals surface area (Å²) in [6.07, 6.45) is 0.330. The van der Waals surface area contributed by atoms with Gasteiger partial charge in [0.05, 0.1) is 11.0 Å². The van der Waals surface area contributed by atoms with Crippen LogP contribution in [0.25, 0.3) is 0 Å². The molecular formula is C14H24N2O3S. The van der Waals surface area contributed by atoms with Gasteiger partial charge in [0.2, 0.25) is 10.0 Å². The SMILES string of the molecule is CCCNS(=O)(=O)c1ccc(NCC(O)C(C)C)cc1. The van der Waals surface area contributed by atoms with E-state index in [0.29, 0.717) is 13.1 Å². The maximum atomic E-state index is 11.9. The maximum Gasteiger partial charge on any atom is 0.240 e. The Bertz CT molecular complexity index is 498. The molecule has 0 heterocycles. The molecule has 0 aromatic heterocycles. The minimum absolute atomic E-state index is 0.181. The van der Waals surface area contributed by atoms with Crippen molar-refractivity contribution in [2.75, 3.05) is 18.4 Å². The molecule has 0 aliphatic heterocycles. The van der Waals surface area contributed by atoms with E-state index in [1.807, 2.05) is 20.8 Å². The highest BCUT2D eigenvalue weighted by Gasteiger charge is 2.13. The van der Waals surface area contributed by atoms with Crippen molar-refractivity contribution in [3.8, 4) is 0 Å². The molecule has 0 aliphatic rings. The van der Waals surface area contributed by atoms with Crippen LogP contribution in [0.5, 0.6) is 0 Å². The number of aliphatic hydroxyl groups is 1. The zero-order valence-corrected chi connectivity index (χ0v) is 13.1. The first kappa shape index (κ1) is 16.9. The molecule has 6 heteroatoms. The molecule has 0 fully saturated rings. The molecule has 20 heavy (non-hydrogen) atoms. The van der Waals surface area contributed by atoms with Crippen LogP contribution in [0.15, 0.2) is 29.2 Å². The molecule has 0 bridgehead atoms. The van der Waals surface area contributed by atoms with Gasteiger partial charge in [0.25, 0.3) is 0 Å². The van der Waals surface area contributed by atoms with E-state index < -0.39 is 16.1 Å². The molecule has 5 nitrogen and oxygen atoms in total. The van der Waals surface area contributed by atoms with Gasteiger partial charge < -0.3 is 10.4 Å². The zero-order valence-electron chi connectivity index (χ0n) is 12.3. The maximum absolute atomic E-state index is 11.9. The van der Waals surface area contributed by atoms with Gasteiger partial charge in [-0.15, -0.1) is 0 Å². The summed E-state index contributed by atoms with van der Waals surface area (Å²) in [6, 6.07) is 6.52. The van der Waals surface area contributed by atoms with E-state index in [9.17, 15) is 13.5 Å². The highest BCUT2D eigenvalue weighted by atomic mass is 32.2. The van der Waals surface area contributed by atoms with Gasteiger partial charge in [0.15, 0.2) is 0 Å². The molecule has 1 aromatic rings. The molecular weight excluding hydrogens is 276 g/mol. The standard InChI is InChI=1S/C14H24N2O3S/c1-4-9-16-20(18,19)13-7-5-12(6-8-13)15-10-14(17)11(2)3/h5-8,11,14-17H,4,9-10H2,1-3H3. The van der Waals surface area contributed by atoms with Crippen LogP contribution >= 0.6 is 0 Å². The fourth-order valence-electron chi connectivity index (χ4n) is 1.53. The van der Waals surface area contributed by atoms with E-state index >= 15 is 0 Å². The minimum atomic E-state index is -3.41. The Morgan fingerprint density at radius 3 is 2.30 bits per heavy atom. The average Bonchev–Trinajstić information content (AvgIpc) is 2.43. The molecule has 0 saturated carbocycles. The largest absolute Gasteiger partial charge is 0.391 e. The van der Waals surface area contributed by atoms with E-state index in [1.54, 1.807) is 24.3 Å². The van der Waals surface area contributed by atoms with E-state index in [0.717, 1.165) is 12.1 Å². The predicted molar refractivity (Wildman–Crippen MR) is 81.3 cm³/mol. The summed E-state index contributed by atoms with van der Waals surface area (Å²) in [7, 11) is -3.41. The predicted octanol–water partition coefficient (Wildman–Crippen LogP) is 1.80. The highest BCUT2D eigenvalue weighted by Crippen LogP contribution is 2.14. The van der Waals surface area contributed by atoms with Crippen LogP contribution in [0.3, 0.4) is 0 Å². The number of rotatable bonds is 8. The Labute approximate surface area is 121 Å². The van der Waals surface area contributed by atoms with Gasteiger partial charge in [0, 0.05) is 18.8 Å². The Morgan fingerprint density at radius 1 is 1.20 bits per heavy atom. The summed E-state index contributed by atoms with van der Waals surface area (Å²) in [5, 5.41) is 12.8. The molecule has 0 radical (unpaired) electrons. The second-order valence-corrected chi connectivity index (χ2v) is 6.88. The Balaban J connectivity index is 2.65. The van der Waals surface area contributed by atoms with Crippen molar-refractivity contribution in [3.05, 3.63) is 24.3 Å². The van der Waals surface area contributed by atoms with Crippen molar-refractivity contribution in [1.82, 2.24) is 4.72 Å². The minimum Gasteiger partial charge on any atom is -0.391 e. The average molecular weight is 300 g/mol. The van der Waals surface area contributed by atoms with E-state index in [2.05, 4.69) is 10.0 Å². The third-order valence-corrected chi connectivity index (χ3v) is 4.47. The topological polar surface area (TPSA) is 78.4 Å². The molecule has 3 N–H and O–H groups in total. The first-order valence-electron chi connectivity index (χ1n) is 6.88. The van der Waals surface area contributed by atoms with Gasteiger partial charge in [-0.1, -0.05) is 20.8 Å². The Kier molecular flexibility index (Phi) is 6.45. The van der Waals surface area contributed by atoms with Crippen LogP contribution in [0.2, 0.25) is 0 Å². The lowest BCUT2D eigenvalue weighted by Gasteiger charge is -2.16. The number of sulfonamides is 1. The van der Waals surface area contributed by atoms with Crippen LogP contribution < -0.4 is 10.0 Å². The summed E-state index contributed by atoms with van der Waals surface area (Å²) >= 11 is 0. The third kappa shape index (κ3) is 5.11. The normalized spacial score (nSPS) is 13.4. The molecule has 1 unspecified atom stereocenters. The molecule has 1 atom stereocenters. The van der Waals surface area contributed by atoms with Gasteiger partial charge in [-0.25, -0.2) is 13.1 Å². The van der Waals surface area contributed by atoms with Crippen molar-refractivity contribution < 1.29 is 13.5 Å². The van der Waals surface area contributed by atoms with Crippen LogP contribution in [-0.4, -0.2) is 32.7 Å². The van der Waals surface area contributed by atoms with Crippen molar-refractivity contribution >= 4 is 15.7 Å². The van der Waals surface area contributed by atoms with Gasteiger partial charge in [-0.05, 0) is 36.6 Å². The van der Waals surface area contributed by atoms with Crippen molar-refractivity contribution in [3.63, 3.8) is 0 Å². The van der Waals surface area contributed by atoms with Gasteiger partial charge in [-0.3, -0.25) is 0 Å². The van der Waals surface area contributed by atoms with Gasteiger partial charge in [-0.2, -0.15) is 0 Å². The first-order chi connectivity index (χ1) is 9.36. The summed E-state index contributed by atoms with van der Waals surface area (Å²) in [5.41, 5.74) is 0.791. The number of anilines is 1. The molecule has 1 aromatic carbocycles. The second kappa shape index (κ2) is 7.61. The number of benzene rings is 1. The number of hydrogen-bond acceptors (Lipinski definition) is 4. The second-order valence-electron chi connectivity index (χ2n) is 5.11.